The van der Waals surface area contributed by atoms with Crippen LogP contribution < -0.4 is 10.1 Å². The van der Waals surface area contributed by atoms with Crippen LogP contribution in [0.15, 0.2) is 48.5 Å². The van der Waals surface area contributed by atoms with E-state index in [1.807, 2.05) is 0 Å². The molecule has 1 aromatic heterocycles. The highest BCUT2D eigenvalue weighted by Crippen LogP contribution is 2.20. The van der Waals surface area contributed by atoms with E-state index in [4.69, 9.17) is 16.3 Å². The summed E-state index contributed by atoms with van der Waals surface area (Å²) in [5, 5.41) is 11.9. The number of nitrogens with zero attached hydrogens (tertiary/aromatic N) is 2. The van der Waals surface area contributed by atoms with Gasteiger partial charge in [-0.3, -0.25) is 10.1 Å². The van der Waals surface area contributed by atoms with Gasteiger partial charge in [-0.1, -0.05) is 29.0 Å². The Hall–Kier alpha value is -2.51. The largest absolute Gasteiger partial charge is 0.486 e. The number of anilines is 1. The van der Waals surface area contributed by atoms with E-state index in [-0.39, 0.29) is 12.2 Å². The molecule has 0 aliphatic heterocycles. The van der Waals surface area contributed by atoms with Gasteiger partial charge in [-0.25, -0.2) is 4.39 Å². The number of benzene rings is 2. The Morgan fingerprint density at radius 1 is 1.21 bits per heavy atom. The number of halogens is 2. The molecule has 2 aromatic carbocycles. The second kappa shape index (κ2) is 7.37. The Balaban J connectivity index is 1.59. The van der Waals surface area contributed by atoms with Crippen molar-refractivity contribution in [2.45, 2.75) is 6.61 Å². The van der Waals surface area contributed by atoms with E-state index in [2.05, 4.69) is 15.5 Å². The third-order valence-electron chi connectivity index (χ3n) is 2.95. The van der Waals surface area contributed by atoms with Crippen molar-refractivity contribution in [1.29, 1.82) is 0 Å². The molecule has 1 N–H and O–H groups in total. The highest BCUT2D eigenvalue weighted by Gasteiger charge is 2.11. The molecule has 0 aliphatic rings. The zero-order valence-corrected chi connectivity index (χ0v) is 13.8. The Labute approximate surface area is 146 Å². The van der Waals surface area contributed by atoms with Crippen LogP contribution in [0.1, 0.15) is 15.4 Å². The number of hydrogen-bond donors (Lipinski definition) is 1. The average molecular weight is 364 g/mol. The van der Waals surface area contributed by atoms with Crippen molar-refractivity contribution in [1.82, 2.24) is 10.2 Å². The maximum atomic E-state index is 13.1. The summed E-state index contributed by atoms with van der Waals surface area (Å²) in [6.45, 7) is 0.217. The fourth-order valence-electron chi connectivity index (χ4n) is 1.84. The summed E-state index contributed by atoms with van der Waals surface area (Å²) in [5.41, 5.74) is 0.212. The number of ether oxygens (including phenoxy) is 1. The van der Waals surface area contributed by atoms with Gasteiger partial charge in [0.15, 0.2) is 5.01 Å². The van der Waals surface area contributed by atoms with Gasteiger partial charge < -0.3 is 4.74 Å². The maximum Gasteiger partial charge on any atom is 0.257 e. The van der Waals surface area contributed by atoms with Crippen molar-refractivity contribution in [3.63, 3.8) is 0 Å². The molecule has 0 saturated heterocycles. The summed E-state index contributed by atoms with van der Waals surface area (Å²) in [5.74, 6) is -0.271. The van der Waals surface area contributed by atoms with Crippen LogP contribution in [-0.2, 0) is 6.61 Å². The van der Waals surface area contributed by atoms with Crippen LogP contribution >= 0.6 is 22.9 Å². The molecule has 0 unspecified atom stereocenters. The minimum absolute atomic E-state index is 0.212. The molecule has 24 heavy (non-hydrogen) atoms. The Morgan fingerprint density at radius 3 is 2.75 bits per heavy atom. The van der Waals surface area contributed by atoms with Gasteiger partial charge in [-0.05, 0) is 42.5 Å². The van der Waals surface area contributed by atoms with Gasteiger partial charge in [0.2, 0.25) is 5.13 Å². The summed E-state index contributed by atoms with van der Waals surface area (Å²) < 4.78 is 18.7. The predicted octanol–water partition coefficient (Wildman–Crippen LogP) is 4.16. The van der Waals surface area contributed by atoms with Crippen molar-refractivity contribution in [2.75, 3.05) is 5.32 Å². The first-order valence-corrected chi connectivity index (χ1v) is 8.07. The van der Waals surface area contributed by atoms with Gasteiger partial charge in [-0.2, -0.15) is 0 Å². The van der Waals surface area contributed by atoms with Crippen LogP contribution in [0.2, 0.25) is 5.02 Å². The standard InChI is InChI=1S/C16H11ClFN3O2S/c17-11-4-6-13(7-5-11)23-9-14-20-21-16(24-14)19-15(22)10-2-1-3-12(18)8-10/h1-8H,9H2,(H,19,21,22). The SMILES string of the molecule is O=C(Nc1nnc(COc2ccc(Cl)cc2)s1)c1cccc(F)c1. The van der Waals surface area contributed by atoms with E-state index in [1.54, 1.807) is 24.3 Å². The molecule has 0 atom stereocenters. The van der Waals surface area contributed by atoms with Gasteiger partial charge in [0.25, 0.3) is 5.91 Å². The first kappa shape index (κ1) is 16.4. The second-order valence-electron chi connectivity index (χ2n) is 4.71. The predicted molar refractivity (Wildman–Crippen MR) is 90.0 cm³/mol. The number of aromatic nitrogens is 2. The molecule has 3 aromatic rings. The Morgan fingerprint density at radius 2 is 2.00 bits per heavy atom. The fourth-order valence-corrected chi connectivity index (χ4v) is 2.61. The minimum Gasteiger partial charge on any atom is -0.486 e. The Kier molecular flexibility index (Phi) is 5.02. The van der Waals surface area contributed by atoms with Gasteiger partial charge in [-0.15, -0.1) is 10.2 Å². The van der Waals surface area contributed by atoms with E-state index >= 15 is 0 Å². The van der Waals surface area contributed by atoms with E-state index in [0.29, 0.717) is 20.9 Å². The molecule has 0 radical (unpaired) electrons. The van der Waals surface area contributed by atoms with E-state index < -0.39 is 11.7 Å². The zero-order chi connectivity index (χ0) is 16.9. The molecule has 0 saturated carbocycles. The first-order valence-electron chi connectivity index (χ1n) is 6.88. The monoisotopic (exact) mass is 363 g/mol. The fraction of sp³-hybridized carbons (Fsp3) is 0.0625. The molecule has 0 spiro atoms. The summed E-state index contributed by atoms with van der Waals surface area (Å²) in [6, 6.07) is 12.4. The number of hydrogen-bond acceptors (Lipinski definition) is 5. The smallest absolute Gasteiger partial charge is 0.257 e. The number of amides is 1. The third kappa shape index (κ3) is 4.27. The van der Waals surface area contributed by atoms with Crippen LogP contribution in [0.5, 0.6) is 5.75 Å². The number of carbonyl (C=O) groups excluding carboxylic acids is 1. The van der Waals surface area contributed by atoms with E-state index in [1.165, 1.54) is 29.5 Å². The molecule has 5 nitrogen and oxygen atoms in total. The van der Waals surface area contributed by atoms with E-state index in [9.17, 15) is 9.18 Å². The lowest BCUT2D eigenvalue weighted by molar-refractivity contribution is 0.102. The lowest BCUT2D eigenvalue weighted by atomic mass is 10.2. The minimum atomic E-state index is -0.475. The zero-order valence-electron chi connectivity index (χ0n) is 12.2. The highest BCUT2D eigenvalue weighted by molar-refractivity contribution is 7.15. The third-order valence-corrected chi connectivity index (χ3v) is 4.01. The van der Waals surface area contributed by atoms with Gasteiger partial charge >= 0.3 is 0 Å². The molecule has 0 bridgehead atoms. The molecule has 8 heteroatoms. The van der Waals surface area contributed by atoms with Gasteiger partial charge in [0, 0.05) is 10.6 Å². The number of nitrogens with one attached hydrogen (secondary N) is 1. The van der Waals surface area contributed by atoms with Crippen molar-refractivity contribution < 1.29 is 13.9 Å². The summed E-state index contributed by atoms with van der Waals surface area (Å²) >= 11 is 6.98. The topological polar surface area (TPSA) is 64.1 Å². The molecule has 3 rings (SSSR count). The molecule has 1 heterocycles. The van der Waals surface area contributed by atoms with Crippen LogP contribution in [0, 0.1) is 5.82 Å². The summed E-state index contributed by atoms with van der Waals surface area (Å²) in [6.07, 6.45) is 0. The average Bonchev–Trinajstić information content (AvgIpc) is 3.02. The van der Waals surface area contributed by atoms with Crippen LogP contribution in [0.25, 0.3) is 0 Å². The second-order valence-corrected chi connectivity index (χ2v) is 6.21. The molecule has 0 fully saturated rings. The van der Waals surface area contributed by atoms with E-state index in [0.717, 1.165) is 6.07 Å². The summed E-state index contributed by atoms with van der Waals surface area (Å²) in [7, 11) is 0. The number of rotatable bonds is 5. The van der Waals surface area contributed by atoms with Crippen molar-refractivity contribution >= 4 is 34.0 Å². The quantitative estimate of drug-likeness (QED) is 0.739. The van der Waals surface area contributed by atoms with Gasteiger partial charge in [0.05, 0.1) is 0 Å². The Bertz CT molecular complexity index is 855. The van der Waals surface area contributed by atoms with Crippen molar-refractivity contribution in [2.24, 2.45) is 0 Å². The normalized spacial score (nSPS) is 10.4. The van der Waals surface area contributed by atoms with Crippen molar-refractivity contribution in [3.8, 4) is 5.75 Å². The molecular formula is C16H11ClFN3O2S. The number of carbonyl (C=O) groups is 1. The van der Waals surface area contributed by atoms with Gasteiger partial charge in [0.1, 0.15) is 18.2 Å². The van der Waals surface area contributed by atoms with Crippen molar-refractivity contribution in [3.05, 3.63) is 69.9 Å². The van der Waals surface area contributed by atoms with Crippen LogP contribution in [-0.4, -0.2) is 16.1 Å². The summed E-state index contributed by atoms with van der Waals surface area (Å²) in [4.78, 5) is 12.0. The van der Waals surface area contributed by atoms with Crippen LogP contribution in [0.4, 0.5) is 9.52 Å². The van der Waals surface area contributed by atoms with Crippen LogP contribution in [0.3, 0.4) is 0 Å². The maximum absolute atomic E-state index is 13.1. The molecule has 0 aliphatic carbocycles. The molecular weight excluding hydrogens is 353 g/mol. The first-order chi connectivity index (χ1) is 11.6. The lowest BCUT2D eigenvalue weighted by Gasteiger charge is -2.03. The molecule has 1 amide bonds. The highest BCUT2D eigenvalue weighted by atomic mass is 35.5. The molecule has 122 valence electrons. The lowest BCUT2D eigenvalue weighted by Crippen LogP contribution is -2.11.